The minimum absolute atomic E-state index is 0.0297. The van der Waals surface area contributed by atoms with E-state index < -0.39 is 0 Å². The molecule has 0 saturated carbocycles. The first-order valence-corrected chi connectivity index (χ1v) is 7.16. The Bertz CT molecular complexity index is 392. The number of rotatable bonds is 10. The van der Waals surface area contributed by atoms with Gasteiger partial charge in [0, 0.05) is 32.1 Å². The number of hydrogen-bond donors (Lipinski definition) is 2. The second-order valence-corrected chi connectivity index (χ2v) is 4.90. The molecule has 0 aliphatic rings. The Labute approximate surface area is 120 Å². The van der Waals surface area contributed by atoms with Crippen molar-refractivity contribution < 1.29 is 9.53 Å². The lowest BCUT2D eigenvalue weighted by molar-refractivity contribution is -0.122. The molecule has 0 aliphatic heterocycles. The minimum atomic E-state index is 0.0297. The third-order valence-electron chi connectivity index (χ3n) is 3.01. The fraction of sp³-hybridized carbons (Fsp3) is 0.714. The molecular weight excluding hydrogens is 256 g/mol. The summed E-state index contributed by atoms with van der Waals surface area (Å²) in [6, 6.07) is 0.222. The number of carbonyl (C=O) groups excluding carboxylic acids is 1. The first-order valence-electron chi connectivity index (χ1n) is 7.16. The van der Waals surface area contributed by atoms with Crippen molar-refractivity contribution in [1.82, 2.24) is 20.2 Å². The van der Waals surface area contributed by atoms with Crippen LogP contribution in [0.15, 0.2) is 12.4 Å². The molecule has 0 radical (unpaired) electrons. The van der Waals surface area contributed by atoms with E-state index in [0.29, 0.717) is 19.7 Å². The number of carbonyl (C=O) groups is 1. The minimum Gasteiger partial charge on any atom is -0.383 e. The highest BCUT2D eigenvalue weighted by molar-refractivity contribution is 5.76. The number of methoxy groups -OCH3 is 1. The molecule has 0 aromatic carbocycles. The van der Waals surface area contributed by atoms with E-state index in [1.807, 2.05) is 17.7 Å². The average Bonchev–Trinajstić information content (AvgIpc) is 2.82. The maximum Gasteiger partial charge on any atom is 0.240 e. The lowest BCUT2D eigenvalue weighted by atomic mass is 10.2. The molecule has 1 aromatic rings. The van der Waals surface area contributed by atoms with E-state index in [1.54, 1.807) is 13.3 Å². The Hall–Kier alpha value is -1.40. The number of imidazole rings is 1. The van der Waals surface area contributed by atoms with Gasteiger partial charge >= 0.3 is 0 Å². The van der Waals surface area contributed by atoms with Gasteiger partial charge in [-0.25, -0.2) is 4.98 Å². The molecule has 1 unspecified atom stereocenters. The van der Waals surface area contributed by atoms with Gasteiger partial charge < -0.3 is 19.9 Å². The zero-order chi connectivity index (χ0) is 14.8. The Kier molecular flexibility index (Phi) is 7.91. The summed E-state index contributed by atoms with van der Waals surface area (Å²) in [7, 11) is 1.67. The highest BCUT2D eigenvalue weighted by atomic mass is 16.5. The van der Waals surface area contributed by atoms with Crippen LogP contribution < -0.4 is 10.6 Å². The summed E-state index contributed by atoms with van der Waals surface area (Å²) in [5.74, 6) is 0.890. The second-order valence-electron chi connectivity index (χ2n) is 4.90. The van der Waals surface area contributed by atoms with Gasteiger partial charge in [0.25, 0.3) is 0 Å². The van der Waals surface area contributed by atoms with Gasteiger partial charge in [-0.1, -0.05) is 13.3 Å². The highest BCUT2D eigenvalue weighted by Crippen LogP contribution is 1.99. The van der Waals surface area contributed by atoms with Crippen LogP contribution in [0, 0.1) is 0 Å². The van der Waals surface area contributed by atoms with Crippen LogP contribution in [-0.2, 0) is 22.6 Å². The van der Waals surface area contributed by atoms with Gasteiger partial charge in [0.2, 0.25) is 5.91 Å². The Morgan fingerprint density at radius 2 is 2.35 bits per heavy atom. The summed E-state index contributed by atoms with van der Waals surface area (Å²) >= 11 is 0. The third kappa shape index (κ3) is 6.16. The smallest absolute Gasteiger partial charge is 0.240 e. The van der Waals surface area contributed by atoms with Crippen molar-refractivity contribution in [2.24, 2.45) is 0 Å². The van der Waals surface area contributed by atoms with Crippen LogP contribution in [-0.4, -0.2) is 41.8 Å². The van der Waals surface area contributed by atoms with Crippen molar-refractivity contribution >= 4 is 5.91 Å². The zero-order valence-corrected chi connectivity index (χ0v) is 12.7. The highest BCUT2D eigenvalue weighted by Gasteiger charge is 2.09. The van der Waals surface area contributed by atoms with Crippen molar-refractivity contribution in [2.45, 2.75) is 45.8 Å². The molecule has 1 aromatic heterocycles. The van der Waals surface area contributed by atoms with E-state index >= 15 is 0 Å². The summed E-state index contributed by atoms with van der Waals surface area (Å²) < 4.78 is 6.84. The molecule has 0 bridgehead atoms. The first-order chi connectivity index (χ1) is 9.67. The number of hydrogen-bond acceptors (Lipinski definition) is 4. The van der Waals surface area contributed by atoms with Crippen LogP contribution in [0.4, 0.5) is 0 Å². The normalized spacial score (nSPS) is 12.3. The van der Waals surface area contributed by atoms with Gasteiger partial charge in [-0.3, -0.25) is 4.79 Å². The van der Waals surface area contributed by atoms with Crippen LogP contribution in [0.2, 0.25) is 0 Å². The van der Waals surface area contributed by atoms with Crippen molar-refractivity contribution in [2.75, 3.05) is 20.3 Å². The molecule has 2 N–H and O–H groups in total. The second kappa shape index (κ2) is 9.50. The van der Waals surface area contributed by atoms with E-state index in [4.69, 9.17) is 4.74 Å². The van der Waals surface area contributed by atoms with Gasteiger partial charge in [-0.2, -0.15) is 0 Å². The number of aromatic nitrogens is 2. The molecule has 20 heavy (non-hydrogen) atoms. The topological polar surface area (TPSA) is 68.2 Å². The molecule has 0 fully saturated rings. The molecule has 0 saturated heterocycles. The fourth-order valence-corrected chi connectivity index (χ4v) is 2.01. The maximum atomic E-state index is 11.9. The molecule has 114 valence electrons. The van der Waals surface area contributed by atoms with Crippen LogP contribution in [0.25, 0.3) is 0 Å². The summed E-state index contributed by atoms with van der Waals surface area (Å²) in [5.41, 5.74) is 0. The van der Waals surface area contributed by atoms with Gasteiger partial charge in [0.15, 0.2) is 0 Å². The Morgan fingerprint density at radius 1 is 1.55 bits per heavy atom. The van der Waals surface area contributed by atoms with Gasteiger partial charge in [-0.05, 0) is 13.3 Å². The summed E-state index contributed by atoms with van der Waals surface area (Å²) in [5, 5.41) is 6.22. The predicted molar refractivity (Wildman–Crippen MR) is 78.3 cm³/mol. The maximum absolute atomic E-state index is 11.9. The summed E-state index contributed by atoms with van der Waals surface area (Å²) in [4.78, 5) is 16.2. The summed E-state index contributed by atoms with van der Waals surface area (Å²) in [6.45, 7) is 6.52. The molecule has 6 heteroatoms. The van der Waals surface area contributed by atoms with E-state index in [1.165, 1.54) is 0 Å². The van der Waals surface area contributed by atoms with E-state index in [-0.39, 0.29) is 11.9 Å². The number of nitrogens with one attached hydrogen (secondary N) is 2. The number of nitrogens with zero attached hydrogens (tertiary/aromatic N) is 2. The van der Waals surface area contributed by atoms with Crippen LogP contribution >= 0.6 is 0 Å². The van der Waals surface area contributed by atoms with Gasteiger partial charge in [0.05, 0.1) is 13.2 Å². The van der Waals surface area contributed by atoms with Crippen molar-refractivity contribution in [3.63, 3.8) is 0 Å². The molecule has 1 amide bonds. The largest absolute Gasteiger partial charge is 0.383 e. The molecule has 1 heterocycles. The molecule has 0 spiro atoms. The quantitative estimate of drug-likeness (QED) is 0.626. The van der Waals surface area contributed by atoms with Gasteiger partial charge in [-0.15, -0.1) is 0 Å². The SMILES string of the molecule is CCCC(C)NC(=O)Cn1ccnc1CNCCOC. The van der Waals surface area contributed by atoms with Gasteiger partial charge in [0.1, 0.15) is 12.4 Å². The first kappa shape index (κ1) is 16.7. The number of ether oxygens (including phenoxy) is 1. The summed E-state index contributed by atoms with van der Waals surface area (Å²) in [6.07, 6.45) is 5.62. The Balaban J connectivity index is 2.39. The standard InChI is InChI=1S/C14H26N4O2/c1-4-5-12(2)17-14(19)11-18-8-6-16-13(18)10-15-7-9-20-3/h6,8,12,15H,4-5,7,9-11H2,1-3H3,(H,17,19). The average molecular weight is 282 g/mol. The van der Waals surface area contributed by atoms with E-state index in [2.05, 4.69) is 22.5 Å². The van der Waals surface area contributed by atoms with E-state index in [0.717, 1.165) is 25.2 Å². The fourth-order valence-electron chi connectivity index (χ4n) is 2.01. The lowest BCUT2D eigenvalue weighted by Crippen LogP contribution is -2.35. The van der Waals surface area contributed by atoms with Crippen molar-refractivity contribution in [3.05, 3.63) is 18.2 Å². The van der Waals surface area contributed by atoms with Crippen LogP contribution in [0.3, 0.4) is 0 Å². The predicted octanol–water partition coefficient (Wildman–Crippen LogP) is 0.924. The third-order valence-corrected chi connectivity index (χ3v) is 3.01. The van der Waals surface area contributed by atoms with E-state index in [9.17, 15) is 4.79 Å². The molecular formula is C14H26N4O2. The van der Waals surface area contributed by atoms with Crippen molar-refractivity contribution in [3.8, 4) is 0 Å². The zero-order valence-electron chi connectivity index (χ0n) is 12.7. The molecule has 0 aliphatic carbocycles. The van der Waals surface area contributed by atoms with Crippen molar-refractivity contribution in [1.29, 1.82) is 0 Å². The lowest BCUT2D eigenvalue weighted by Gasteiger charge is -2.14. The number of amides is 1. The molecule has 1 atom stereocenters. The molecule has 6 nitrogen and oxygen atoms in total. The Morgan fingerprint density at radius 3 is 3.05 bits per heavy atom. The van der Waals surface area contributed by atoms with Crippen LogP contribution in [0.5, 0.6) is 0 Å². The van der Waals surface area contributed by atoms with Crippen LogP contribution in [0.1, 0.15) is 32.5 Å². The molecule has 1 rings (SSSR count). The monoisotopic (exact) mass is 282 g/mol.